The van der Waals surface area contributed by atoms with Gasteiger partial charge in [-0.2, -0.15) is 0 Å². The van der Waals surface area contributed by atoms with E-state index < -0.39 is 27.4 Å². The minimum absolute atomic E-state index is 0.0265. The number of sulfone groups is 1. The molecule has 1 fully saturated rings. The summed E-state index contributed by atoms with van der Waals surface area (Å²) in [5, 5.41) is 15.0. The molecule has 0 bridgehead atoms. The van der Waals surface area contributed by atoms with E-state index in [2.05, 4.69) is 10.7 Å². The molecule has 248 valence electrons. The molecule has 1 saturated heterocycles. The van der Waals surface area contributed by atoms with Gasteiger partial charge in [0.1, 0.15) is 5.37 Å². The van der Waals surface area contributed by atoms with Gasteiger partial charge in [0, 0.05) is 19.0 Å². The van der Waals surface area contributed by atoms with Crippen LogP contribution in [-0.4, -0.2) is 85.7 Å². The topological polar surface area (TPSA) is 138 Å². The van der Waals surface area contributed by atoms with Gasteiger partial charge in [-0.3, -0.25) is 25.2 Å². The number of fused-ring (bicyclic) bond motifs is 1. The van der Waals surface area contributed by atoms with Gasteiger partial charge in [-0.1, -0.05) is 65.0 Å². The van der Waals surface area contributed by atoms with E-state index in [9.17, 15) is 23.1 Å². The predicted octanol–water partition coefficient (Wildman–Crippen LogP) is 3.12. The second-order valence-electron chi connectivity index (χ2n) is 13.5. The zero-order chi connectivity index (χ0) is 32.8. The van der Waals surface area contributed by atoms with Crippen molar-refractivity contribution in [1.29, 1.82) is 0 Å². The number of nitrogens with zero attached hydrogens (tertiary/aromatic N) is 2. The number of likely N-dealkylation sites (tertiary alicyclic amines) is 1. The van der Waals surface area contributed by atoms with Crippen molar-refractivity contribution in [1.82, 2.24) is 20.7 Å². The van der Waals surface area contributed by atoms with Crippen LogP contribution in [0.4, 0.5) is 0 Å². The number of nitrogens with one attached hydrogen (secondary N) is 2. The SMILES string of the molecule is CC(C)C(NC[C@@H](O)[C@H](Cc1ccccc1)N(NC(=O)CN1CCCC1)C(=O)CC(C)(C)C)S(=O)(=O)c1ccc2c(c1)OCO2. The summed E-state index contributed by atoms with van der Waals surface area (Å²) in [6.07, 6.45) is 1.19. The number of aliphatic hydroxyl groups excluding tert-OH is 1. The van der Waals surface area contributed by atoms with Crippen LogP contribution < -0.4 is 20.2 Å². The molecule has 4 rings (SSSR count). The van der Waals surface area contributed by atoms with Crippen LogP contribution in [0.25, 0.3) is 0 Å². The number of carbonyl (C=O) groups is 2. The summed E-state index contributed by atoms with van der Waals surface area (Å²) in [4.78, 5) is 29.2. The standard InChI is InChI=1S/C33H48N4O7S/c1-23(2)32(45(41,42)25-13-14-28-29(18-25)44-22-43-28)34-20-27(38)26(17-24-11-7-6-8-12-24)37(31(40)19-33(3,4)5)35-30(39)21-36-15-9-10-16-36/h6-8,11-14,18,23,26-27,32,34,38H,9-10,15-17,19-22H2,1-5H3,(H,35,39)/t26-,27+,32?/m0/s1. The third kappa shape index (κ3) is 9.41. The number of ether oxygens (including phenoxy) is 2. The van der Waals surface area contributed by atoms with Gasteiger partial charge in [0.05, 0.1) is 23.6 Å². The van der Waals surface area contributed by atoms with Crippen LogP contribution in [0.2, 0.25) is 0 Å². The molecule has 12 heteroatoms. The first kappa shape index (κ1) is 34.7. The molecule has 2 aliphatic rings. The van der Waals surface area contributed by atoms with Gasteiger partial charge in [0.2, 0.25) is 12.7 Å². The fourth-order valence-corrected chi connectivity index (χ4v) is 7.57. The average molecular weight is 645 g/mol. The molecule has 0 aliphatic carbocycles. The molecule has 0 radical (unpaired) electrons. The summed E-state index contributed by atoms with van der Waals surface area (Å²) in [7, 11) is -3.91. The zero-order valence-corrected chi connectivity index (χ0v) is 27.8. The Labute approximate surface area is 267 Å². The van der Waals surface area contributed by atoms with Crippen LogP contribution in [0.1, 0.15) is 59.4 Å². The van der Waals surface area contributed by atoms with E-state index >= 15 is 0 Å². The maximum absolute atomic E-state index is 13.8. The van der Waals surface area contributed by atoms with Crippen molar-refractivity contribution in [2.75, 3.05) is 33.0 Å². The summed E-state index contributed by atoms with van der Waals surface area (Å²) < 4.78 is 38.3. The molecule has 0 spiro atoms. The molecule has 3 atom stereocenters. The molecule has 2 heterocycles. The van der Waals surface area contributed by atoms with Crippen molar-refractivity contribution in [2.45, 2.75) is 82.7 Å². The summed E-state index contributed by atoms with van der Waals surface area (Å²) >= 11 is 0. The van der Waals surface area contributed by atoms with Crippen LogP contribution in [0.3, 0.4) is 0 Å². The molecule has 0 aromatic heterocycles. The van der Waals surface area contributed by atoms with E-state index in [-0.39, 0.29) is 60.8 Å². The largest absolute Gasteiger partial charge is 0.454 e. The number of amides is 2. The number of benzene rings is 2. The van der Waals surface area contributed by atoms with Gasteiger partial charge >= 0.3 is 0 Å². The first-order chi connectivity index (χ1) is 21.2. The van der Waals surface area contributed by atoms with E-state index in [1.807, 2.05) is 56.0 Å². The highest BCUT2D eigenvalue weighted by atomic mass is 32.2. The lowest BCUT2D eigenvalue weighted by Crippen LogP contribution is -2.60. The maximum Gasteiger partial charge on any atom is 0.252 e. The second kappa shape index (κ2) is 14.9. The molecular formula is C33H48N4O7S. The fourth-order valence-electron chi connectivity index (χ4n) is 5.71. The van der Waals surface area contributed by atoms with Gasteiger partial charge in [-0.25, -0.2) is 13.4 Å². The zero-order valence-electron chi connectivity index (χ0n) is 27.0. The van der Waals surface area contributed by atoms with Crippen molar-refractivity contribution in [3.05, 3.63) is 54.1 Å². The lowest BCUT2D eigenvalue weighted by Gasteiger charge is -2.37. The predicted molar refractivity (Wildman–Crippen MR) is 171 cm³/mol. The van der Waals surface area contributed by atoms with E-state index in [1.165, 1.54) is 17.1 Å². The van der Waals surface area contributed by atoms with Crippen LogP contribution in [0, 0.1) is 11.3 Å². The fraction of sp³-hybridized carbons (Fsp3) is 0.576. The number of rotatable bonds is 13. The highest BCUT2D eigenvalue weighted by Crippen LogP contribution is 2.35. The van der Waals surface area contributed by atoms with Crippen molar-refractivity contribution < 1.29 is 32.6 Å². The lowest BCUT2D eigenvalue weighted by molar-refractivity contribution is -0.149. The molecule has 2 aliphatic heterocycles. The molecule has 2 aromatic carbocycles. The summed E-state index contributed by atoms with van der Waals surface area (Å²) in [5.74, 6) is -0.180. The van der Waals surface area contributed by atoms with Crippen LogP contribution in [0.15, 0.2) is 53.4 Å². The Morgan fingerprint density at radius 1 is 1.02 bits per heavy atom. The molecule has 2 amide bonds. The Bertz CT molecular complexity index is 1410. The van der Waals surface area contributed by atoms with Crippen LogP contribution in [0.5, 0.6) is 11.5 Å². The molecule has 45 heavy (non-hydrogen) atoms. The van der Waals surface area contributed by atoms with E-state index in [0.29, 0.717) is 11.5 Å². The van der Waals surface area contributed by atoms with Crippen molar-refractivity contribution >= 4 is 21.7 Å². The highest BCUT2D eigenvalue weighted by Gasteiger charge is 2.37. The van der Waals surface area contributed by atoms with E-state index in [4.69, 9.17) is 9.47 Å². The first-order valence-corrected chi connectivity index (χ1v) is 17.2. The Morgan fingerprint density at radius 3 is 2.33 bits per heavy atom. The molecule has 0 saturated carbocycles. The molecule has 11 nitrogen and oxygen atoms in total. The first-order valence-electron chi connectivity index (χ1n) is 15.7. The Balaban J connectivity index is 1.59. The lowest BCUT2D eigenvalue weighted by atomic mass is 9.91. The highest BCUT2D eigenvalue weighted by molar-refractivity contribution is 7.92. The van der Waals surface area contributed by atoms with Crippen molar-refractivity contribution in [2.24, 2.45) is 11.3 Å². The number of hydrazine groups is 1. The maximum atomic E-state index is 13.8. The quantitative estimate of drug-likeness (QED) is 0.281. The minimum Gasteiger partial charge on any atom is -0.454 e. The summed E-state index contributed by atoms with van der Waals surface area (Å²) in [6, 6.07) is 13.0. The van der Waals surface area contributed by atoms with Crippen molar-refractivity contribution in [3.8, 4) is 11.5 Å². The number of aliphatic hydroxyl groups is 1. The Morgan fingerprint density at radius 2 is 1.69 bits per heavy atom. The number of hydrogen-bond acceptors (Lipinski definition) is 9. The molecule has 1 unspecified atom stereocenters. The second-order valence-corrected chi connectivity index (χ2v) is 15.5. The molecule has 3 N–H and O–H groups in total. The third-order valence-electron chi connectivity index (χ3n) is 7.97. The van der Waals surface area contributed by atoms with Crippen LogP contribution in [-0.2, 0) is 25.8 Å². The third-order valence-corrected chi connectivity index (χ3v) is 10.3. The van der Waals surface area contributed by atoms with Gasteiger partial charge in [0.15, 0.2) is 21.3 Å². The summed E-state index contributed by atoms with van der Waals surface area (Å²) in [5.41, 5.74) is 3.31. The normalized spacial score (nSPS) is 17.2. The van der Waals surface area contributed by atoms with Crippen LogP contribution >= 0.6 is 0 Å². The van der Waals surface area contributed by atoms with Gasteiger partial charge in [-0.05, 0) is 61.4 Å². The Kier molecular flexibility index (Phi) is 11.5. The summed E-state index contributed by atoms with van der Waals surface area (Å²) in [6.45, 7) is 11.0. The van der Waals surface area contributed by atoms with Gasteiger partial charge in [-0.15, -0.1) is 0 Å². The monoisotopic (exact) mass is 644 g/mol. The smallest absolute Gasteiger partial charge is 0.252 e. The van der Waals surface area contributed by atoms with E-state index in [1.54, 1.807) is 19.9 Å². The van der Waals surface area contributed by atoms with Crippen molar-refractivity contribution in [3.63, 3.8) is 0 Å². The Hall–Kier alpha value is -3.19. The number of hydrogen-bond donors (Lipinski definition) is 3. The minimum atomic E-state index is -3.91. The molecular weight excluding hydrogens is 596 g/mol. The number of carbonyl (C=O) groups excluding carboxylic acids is 2. The van der Waals surface area contributed by atoms with Gasteiger partial charge < -0.3 is 14.6 Å². The van der Waals surface area contributed by atoms with E-state index in [0.717, 1.165) is 31.5 Å². The van der Waals surface area contributed by atoms with Gasteiger partial charge in [0.25, 0.3) is 5.91 Å². The molecule has 2 aromatic rings. The average Bonchev–Trinajstić information content (AvgIpc) is 3.66.